The molecular formula is C13H12N5O5+. The molecule has 0 spiro atoms. The summed E-state index contributed by atoms with van der Waals surface area (Å²) < 4.78 is 0.989. The van der Waals surface area contributed by atoms with Gasteiger partial charge in [-0.1, -0.05) is 0 Å². The summed E-state index contributed by atoms with van der Waals surface area (Å²) in [5, 5.41) is 10.6. The lowest BCUT2D eigenvalue weighted by atomic mass is 10.2. The van der Waals surface area contributed by atoms with Gasteiger partial charge in [-0.25, -0.2) is 9.59 Å². The topological polar surface area (TPSA) is 139 Å². The summed E-state index contributed by atoms with van der Waals surface area (Å²) in [4.78, 5) is 50.1. The summed E-state index contributed by atoms with van der Waals surface area (Å²) in [7, 11) is 2.58. The van der Waals surface area contributed by atoms with Crippen molar-refractivity contribution in [3.63, 3.8) is 0 Å². The van der Waals surface area contributed by atoms with Crippen LogP contribution in [0.25, 0.3) is 0 Å². The number of nitrogens with two attached hydrogens (primary N) is 1. The van der Waals surface area contributed by atoms with Crippen molar-refractivity contribution >= 4 is 35.1 Å². The number of nitrogens with zero attached hydrogens (tertiary/aromatic N) is 4. The first kappa shape index (κ1) is 15.9. The van der Waals surface area contributed by atoms with Crippen molar-refractivity contribution in [1.29, 1.82) is 0 Å². The van der Waals surface area contributed by atoms with Gasteiger partial charge in [0.15, 0.2) is 0 Å². The smallest absolute Gasteiger partial charge is 0.316 e. The highest BCUT2D eigenvalue weighted by atomic mass is 16.6. The molecule has 118 valence electrons. The molecule has 1 aliphatic heterocycles. The van der Waals surface area contributed by atoms with E-state index in [1.165, 1.54) is 26.2 Å². The molecule has 1 aliphatic rings. The average molecular weight is 318 g/mol. The molecule has 1 aromatic carbocycles. The van der Waals surface area contributed by atoms with Crippen LogP contribution < -0.4 is 5.73 Å². The van der Waals surface area contributed by atoms with Crippen molar-refractivity contribution in [3.8, 4) is 0 Å². The van der Waals surface area contributed by atoms with E-state index in [2.05, 4.69) is 4.99 Å². The summed E-state index contributed by atoms with van der Waals surface area (Å²) in [6.07, 6.45) is 0. The van der Waals surface area contributed by atoms with E-state index in [1.807, 2.05) is 0 Å². The molecule has 0 aromatic heterocycles. The number of rotatable bonds is 2. The molecule has 0 saturated carbocycles. The van der Waals surface area contributed by atoms with E-state index >= 15 is 0 Å². The number of hydrogen-bond acceptors (Lipinski definition) is 6. The van der Waals surface area contributed by atoms with E-state index in [-0.39, 0.29) is 22.8 Å². The molecule has 0 radical (unpaired) electrons. The highest BCUT2D eigenvalue weighted by Crippen LogP contribution is 2.13. The predicted molar refractivity (Wildman–Crippen MR) is 78.4 cm³/mol. The molecule has 0 fully saturated rings. The van der Waals surface area contributed by atoms with Crippen LogP contribution in [0.4, 0.5) is 10.5 Å². The minimum atomic E-state index is -0.805. The van der Waals surface area contributed by atoms with Crippen molar-refractivity contribution in [2.45, 2.75) is 0 Å². The van der Waals surface area contributed by atoms with Gasteiger partial charge >= 0.3 is 11.9 Å². The highest BCUT2D eigenvalue weighted by molar-refractivity contribution is 6.67. The second-order valence-electron chi connectivity index (χ2n) is 4.66. The summed E-state index contributed by atoms with van der Waals surface area (Å²) >= 11 is 0. The lowest BCUT2D eigenvalue weighted by Gasteiger charge is -2.17. The summed E-state index contributed by atoms with van der Waals surface area (Å²) in [6, 6.07) is 4.07. The third kappa shape index (κ3) is 2.81. The van der Waals surface area contributed by atoms with Crippen LogP contribution in [-0.4, -0.2) is 57.9 Å². The van der Waals surface area contributed by atoms with Crippen LogP contribution in [0, 0.1) is 10.1 Å². The zero-order chi connectivity index (χ0) is 17.3. The number of amides is 4. The summed E-state index contributed by atoms with van der Waals surface area (Å²) in [6.45, 7) is 0. The molecule has 1 aromatic rings. The van der Waals surface area contributed by atoms with Crippen LogP contribution in [-0.2, 0) is 4.79 Å². The van der Waals surface area contributed by atoms with E-state index in [0.717, 1.165) is 21.6 Å². The normalized spacial score (nSPS) is 17.0. The number of amidine groups is 1. The zero-order valence-electron chi connectivity index (χ0n) is 12.2. The van der Waals surface area contributed by atoms with E-state index in [9.17, 15) is 24.5 Å². The maximum absolute atomic E-state index is 12.1. The molecule has 10 nitrogen and oxygen atoms in total. The van der Waals surface area contributed by atoms with Crippen molar-refractivity contribution in [2.24, 2.45) is 10.7 Å². The molecule has 2 rings (SSSR count). The van der Waals surface area contributed by atoms with Crippen LogP contribution in [0.15, 0.2) is 29.3 Å². The lowest BCUT2D eigenvalue weighted by molar-refractivity contribution is -0.401. The van der Waals surface area contributed by atoms with Gasteiger partial charge in [-0.15, -0.1) is 0 Å². The van der Waals surface area contributed by atoms with E-state index in [0.29, 0.717) is 0 Å². The van der Waals surface area contributed by atoms with Crippen molar-refractivity contribution in [2.75, 3.05) is 14.1 Å². The van der Waals surface area contributed by atoms with Crippen molar-refractivity contribution in [1.82, 2.24) is 4.90 Å². The van der Waals surface area contributed by atoms with Gasteiger partial charge in [0.05, 0.1) is 19.0 Å². The fraction of sp³-hybridized carbons (Fsp3) is 0.154. The lowest BCUT2D eigenvalue weighted by Crippen LogP contribution is -2.55. The summed E-state index contributed by atoms with van der Waals surface area (Å²) in [5.74, 6) is -1.85. The number of aliphatic imine (C=N–C) groups is 1. The van der Waals surface area contributed by atoms with E-state index < -0.39 is 22.8 Å². The van der Waals surface area contributed by atoms with Gasteiger partial charge in [0.25, 0.3) is 17.4 Å². The number of nitro groups is 1. The number of urea groups is 1. The van der Waals surface area contributed by atoms with Crippen molar-refractivity contribution in [3.05, 3.63) is 39.9 Å². The van der Waals surface area contributed by atoms with Gasteiger partial charge in [-0.05, 0) is 12.1 Å². The first-order valence-electron chi connectivity index (χ1n) is 6.30. The molecule has 2 N–H and O–H groups in total. The minimum Gasteiger partial charge on any atom is -0.316 e. The third-order valence-electron chi connectivity index (χ3n) is 3.22. The van der Waals surface area contributed by atoms with Gasteiger partial charge in [0, 0.05) is 17.7 Å². The zero-order valence-corrected chi connectivity index (χ0v) is 12.2. The Morgan fingerprint density at radius 3 is 2.39 bits per heavy atom. The Morgan fingerprint density at radius 1 is 1.30 bits per heavy atom. The van der Waals surface area contributed by atoms with Gasteiger partial charge in [0.1, 0.15) is 0 Å². The predicted octanol–water partition coefficient (Wildman–Crippen LogP) is -0.233. The van der Waals surface area contributed by atoms with Gasteiger partial charge < -0.3 is 5.73 Å². The third-order valence-corrected chi connectivity index (χ3v) is 3.22. The molecule has 10 heteroatoms. The molecule has 1 heterocycles. The largest absolute Gasteiger partial charge is 0.445 e. The van der Waals surface area contributed by atoms with Crippen LogP contribution in [0.3, 0.4) is 0 Å². The second kappa shape index (κ2) is 5.75. The number of imide groups is 1. The Bertz CT molecular complexity index is 793. The first-order chi connectivity index (χ1) is 10.7. The first-order valence-corrected chi connectivity index (χ1v) is 6.30. The number of carbonyl (C=O) groups is 3. The molecule has 0 atom stereocenters. The van der Waals surface area contributed by atoms with Crippen molar-refractivity contribution < 1.29 is 23.9 Å². The van der Waals surface area contributed by atoms with Crippen LogP contribution in [0.5, 0.6) is 0 Å². The number of benzene rings is 1. The van der Waals surface area contributed by atoms with Crippen LogP contribution in [0.2, 0.25) is 0 Å². The Labute approximate surface area is 129 Å². The fourth-order valence-corrected chi connectivity index (χ4v) is 1.84. The minimum absolute atomic E-state index is 0.0471. The van der Waals surface area contributed by atoms with E-state index in [4.69, 9.17) is 5.73 Å². The van der Waals surface area contributed by atoms with Gasteiger partial charge in [-0.3, -0.25) is 14.9 Å². The Hall–Kier alpha value is -3.43. The SMILES string of the molecule is CN1C(=O)C(=NC(=O)c2ccc([N+](=O)[O-])cc2)C(N)=[N+](C)C1=O. The standard InChI is InChI=1S/C13H11N5O5/c1-16-10(14)9(12(20)17(2)13(16)21)15-11(19)7-3-5-8(6-4-7)18(22)23/h3-6,14H,1-2H3/p+1. The highest BCUT2D eigenvalue weighted by Gasteiger charge is 2.39. The summed E-state index contributed by atoms with van der Waals surface area (Å²) in [5.41, 5.74) is 5.16. The van der Waals surface area contributed by atoms with Gasteiger partial charge in [0.2, 0.25) is 5.71 Å². The average Bonchev–Trinajstić information content (AvgIpc) is 2.55. The molecular weight excluding hydrogens is 306 g/mol. The molecule has 0 unspecified atom stereocenters. The van der Waals surface area contributed by atoms with Gasteiger partial charge in [-0.2, -0.15) is 14.5 Å². The monoisotopic (exact) mass is 318 g/mol. The molecule has 0 saturated heterocycles. The maximum atomic E-state index is 12.1. The number of non-ortho nitro benzene ring substituents is 1. The van der Waals surface area contributed by atoms with E-state index in [1.54, 1.807) is 0 Å². The second-order valence-corrected chi connectivity index (χ2v) is 4.66. The Morgan fingerprint density at radius 2 is 1.87 bits per heavy atom. The maximum Gasteiger partial charge on any atom is 0.445 e. The molecule has 4 amide bonds. The fourth-order valence-electron chi connectivity index (χ4n) is 1.84. The quantitative estimate of drug-likeness (QED) is 0.454. The molecule has 0 bridgehead atoms. The Kier molecular flexibility index (Phi) is 3.99. The number of hydrogen-bond donors (Lipinski definition) is 1. The molecule has 0 aliphatic carbocycles. The number of nitro benzene ring substituents is 1. The Balaban J connectivity index is 2.40. The van der Waals surface area contributed by atoms with Crippen LogP contribution >= 0.6 is 0 Å². The molecule has 23 heavy (non-hydrogen) atoms. The number of carbonyl (C=O) groups excluding carboxylic acids is 3. The van der Waals surface area contributed by atoms with Crippen LogP contribution in [0.1, 0.15) is 10.4 Å².